The van der Waals surface area contributed by atoms with E-state index in [1.807, 2.05) is 0 Å². The number of carbonyl (C=O) groups is 1. The maximum absolute atomic E-state index is 13.0. The van der Waals surface area contributed by atoms with Gasteiger partial charge >= 0.3 is 0 Å². The van der Waals surface area contributed by atoms with Crippen molar-refractivity contribution in [3.05, 3.63) is 52.6 Å². The van der Waals surface area contributed by atoms with Gasteiger partial charge in [-0.25, -0.2) is 4.39 Å². The molecule has 1 unspecified atom stereocenters. The number of fused-ring (bicyclic) bond motifs is 1. The number of hydrogen-bond donors (Lipinski definition) is 2. The monoisotopic (exact) mass is 329 g/mol. The predicted molar refractivity (Wildman–Crippen MR) is 86.0 cm³/mol. The molecule has 1 atom stereocenters. The molecule has 1 aromatic carbocycles. The van der Waals surface area contributed by atoms with E-state index in [4.69, 9.17) is 0 Å². The van der Waals surface area contributed by atoms with Gasteiger partial charge in [-0.1, -0.05) is 12.1 Å². The van der Waals surface area contributed by atoms with Gasteiger partial charge in [0.25, 0.3) is 5.91 Å². The minimum absolute atomic E-state index is 0.113. The molecule has 2 aromatic rings. The van der Waals surface area contributed by atoms with Gasteiger partial charge in [0.15, 0.2) is 5.69 Å². The zero-order valence-electron chi connectivity index (χ0n) is 13.3. The molecule has 1 aromatic heterocycles. The van der Waals surface area contributed by atoms with Crippen LogP contribution in [0.5, 0.6) is 0 Å². The molecule has 2 aliphatic rings. The highest BCUT2D eigenvalue weighted by molar-refractivity contribution is 5.94. The first kappa shape index (κ1) is 15.3. The molecule has 2 aliphatic carbocycles. The number of halogens is 1. The molecule has 1 heterocycles. The predicted octanol–water partition coefficient (Wildman–Crippen LogP) is 2.38. The van der Waals surface area contributed by atoms with Crippen molar-refractivity contribution in [2.24, 2.45) is 0 Å². The molecule has 24 heavy (non-hydrogen) atoms. The Balaban J connectivity index is 1.54. The van der Waals surface area contributed by atoms with E-state index in [-0.39, 0.29) is 24.3 Å². The van der Waals surface area contributed by atoms with Crippen molar-refractivity contribution in [2.45, 2.75) is 44.2 Å². The van der Waals surface area contributed by atoms with Gasteiger partial charge in [-0.3, -0.25) is 9.89 Å². The Bertz CT molecular complexity index is 752. The van der Waals surface area contributed by atoms with E-state index in [0.29, 0.717) is 11.3 Å². The van der Waals surface area contributed by atoms with Crippen LogP contribution in [0.3, 0.4) is 0 Å². The van der Waals surface area contributed by atoms with Crippen LogP contribution in [0.1, 0.15) is 52.7 Å². The molecule has 2 N–H and O–H groups in total. The van der Waals surface area contributed by atoms with E-state index in [1.165, 1.54) is 12.1 Å². The number of amides is 1. The van der Waals surface area contributed by atoms with E-state index in [2.05, 4.69) is 10.2 Å². The van der Waals surface area contributed by atoms with Gasteiger partial charge in [0.05, 0.1) is 12.6 Å². The number of nitrogens with one attached hydrogen (secondary N) is 1. The molecule has 0 radical (unpaired) electrons. The summed E-state index contributed by atoms with van der Waals surface area (Å²) in [5.41, 5.74) is 3.21. The zero-order chi connectivity index (χ0) is 16.7. The summed E-state index contributed by atoms with van der Waals surface area (Å²) in [6.45, 7) is 0.205. The summed E-state index contributed by atoms with van der Waals surface area (Å²) in [6, 6.07) is 5.93. The van der Waals surface area contributed by atoms with E-state index >= 15 is 0 Å². The van der Waals surface area contributed by atoms with Gasteiger partial charge in [0.1, 0.15) is 5.82 Å². The molecule has 0 saturated heterocycles. The number of aliphatic hydroxyl groups excluding tert-OH is 1. The van der Waals surface area contributed by atoms with Gasteiger partial charge in [-0.2, -0.15) is 5.10 Å². The number of aromatic amines is 1. The number of nitrogens with zero attached hydrogens (tertiary/aromatic N) is 2. The lowest BCUT2D eigenvalue weighted by Crippen LogP contribution is -2.37. The quantitative estimate of drug-likeness (QED) is 0.885. The Morgan fingerprint density at radius 3 is 2.79 bits per heavy atom. The average Bonchev–Trinajstić information content (AvgIpc) is 3.17. The maximum Gasteiger partial charge on any atom is 0.274 e. The zero-order valence-corrected chi connectivity index (χ0v) is 13.3. The summed E-state index contributed by atoms with van der Waals surface area (Å²) in [6.07, 6.45) is 3.94. The van der Waals surface area contributed by atoms with Crippen LogP contribution in [0.25, 0.3) is 0 Å². The second kappa shape index (κ2) is 6.02. The Kier molecular flexibility index (Phi) is 3.84. The van der Waals surface area contributed by atoms with Crippen molar-refractivity contribution in [3.63, 3.8) is 0 Å². The third-order valence-corrected chi connectivity index (χ3v) is 4.88. The molecule has 1 saturated carbocycles. The maximum atomic E-state index is 13.0. The standard InChI is InChI=1S/C18H20FN3O2/c19-12-6-4-11(5-7-12)16(23)10-22(13-8-9-13)18(24)17-14-2-1-3-15(14)20-21-17/h4-7,13,16,23H,1-3,8-10H2,(H,20,21). The van der Waals surface area contributed by atoms with E-state index < -0.39 is 6.10 Å². The second-order valence-corrected chi connectivity index (χ2v) is 6.64. The fraction of sp³-hybridized carbons (Fsp3) is 0.444. The number of aromatic nitrogens is 2. The van der Waals surface area contributed by atoms with E-state index in [9.17, 15) is 14.3 Å². The van der Waals surface area contributed by atoms with Crippen LogP contribution in [0.4, 0.5) is 4.39 Å². The summed E-state index contributed by atoms with van der Waals surface area (Å²) in [5.74, 6) is -0.453. The number of carbonyl (C=O) groups excluding carboxylic acids is 1. The number of hydrogen-bond acceptors (Lipinski definition) is 3. The molecular formula is C18H20FN3O2. The highest BCUT2D eigenvalue weighted by Gasteiger charge is 2.37. The normalized spacial score (nSPS) is 17.6. The minimum atomic E-state index is -0.831. The van der Waals surface area contributed by atoms with Gasteiger partial charge in [0, 0.05) is 17.3 Å². The first-order valence-electron chi connectivity index (χ1n) is 8.44. The first-order valence-corrected chi connectivity index (χ1v) is 8.44. The fourth-order valence-corrected chi connectivity index (χ4v) is 3.39. The van der Waals surface area contributed by atoms with Crippen molar-refractivity contribution in [3.8, 4) is 0 Å². The summed E-state index contributed by atoms with van der Waals surface area (Å²) in [4.78, 5) is 14.7. The summed E-state index contributed by atoms with van der Waals surface area (Å²) >= 11 is 0. The summed E-state index contributed by atoms with van der Waals surface area (Å²) < 4.78 is 13.0. The minimum Gasteiger partial charge on any atom is -0.387 e. The van der Waals surface area contributed by atoms with Crippen LogP contribution < -0.4 is 0 Å². The van der Waals surface area contributed by atoms with Gasteiger partial charge in [-0.15, -0.1) is 0 Å². The van der Waals surface area contributed by atoms with Crippen molar-refractivity contribution in [1.29, 1.82) is 0 Å². The Hall–Kier alpha value is -2.21. The first-order chi connectivity index (χ1) is 11.6. The largest absolute Gasteiger partial charge is 0.387 e. The lowest BCUT2D eigenvalue weighted by atomic mass is 10.1. The molecule has 0 spiro atoms. The molecule has 1 amide bonds. The third kappa shape index (κ3) is 2.82. The molecule has 4 rings (SSSR count). The smallest absolute Gasteiger partial charge is 0.274 e. The van der Waals surface area contributed by atoms with Crippen molar-refractivity contribution < 1.29 is 14.3 Å². The molecule has 5 nitrogen and oxygen atoms in total. The molecule has 1 fully saturated rings. The molecule has 0 bridgehead atoms. The Morgan fingerprint density at radius 1 is 1.33 bits per heavy atom. The van der Waals surface area contributed by atoms with Crippen LogP contribution in [0.15, 0.2) is 24.3 Å². The SMILES string of the molecule is O=C(c1n[nH]c2c1CCC2)N(CC(O)c1ccc(F)cc1)C1CC1. The lowest BCUT2D eigenvalue weighted by Gasteiger charge is -2.25. The number of H-pyrrole nitrogens is 1. The summed E-state index contributed by atoms with van der Waals surface area (Å²) in [5, 5.41) is 17.6. The van der Waals surface area contributed by atoms with Gasteiger partial charge < -0.3 is 10.0 Å². The Morgan fingerprint density at radius 2 is 2.08 bits per heavy atom. The lowest BCUT2D eigenvalue weighted by molar-refractivity contribution is 0.0596. The van der Waals surface area contributed by atoms with Crippen molar-refractivity contribution in [2.75, 3.05) is 6.54 Å². The molecule has 0 aliphatic heterocycles. The highest BCUT2D eigenvalue weighted by atomic mass is 19.1. The number of aryl methyl sites for hydroxylation is 1. The molecule has 6 heteroatoms. The summed E-state index contributed by atoms with van der Waals surface area (Å²) in [7, 11) is 0. The number of aliphatic hydroxyl groups is 1. The van der Waals surface area contributed by atoms with E-state index in [0.717, 1.165) is 43.4 Å². The highest BCUT2D eigenvalue weighted by Crippen LogP contribution is 2.32. The fourth-order valence-electron chi connectivity index (χ4n) is 3.39. The van der Waals surface area contributed by atoms with Crippen molar-refractivity contribution >= 4 is 5.91 Å². The number of benzene rings is 1. The van der Waals surface area contributed by atoms with Crippen molar-refractivity contribution in [1.82, 2.24) is 15.1 Å². The third-order valence-electron chi connectivity index (χ3n) is 4.88. The van der Waals surface area contributed by atoms with Gasteiger partial charge in [-0.05, 0) is 49.8 Å². The van der Waals surface area contributed by atoms with Crippen LogP contribution in [-0.2, 0) is 12.8 Å². The average molecular weight is 329 g/mol. The molecule has 126 valence electrons. The Labute approximate surface area is 139 Å². The van der Waals surface area contributed by atoms with Crippen LogP contribution >= 0.6 is 0 Å². The van der Waals surface area contributed by atoms with Crippen LogP contribution in [-0.4, -0.2) is 38.7 Å². The topological polar surface area (TPSA) is 69.2 Å². The molecular weight excluding hydrogens is 309 g/mol. The van der Waals surface area contributed by atoms with Gasteiger partial charge in [0.2, 0.25) is 0 Å². The number of rotatable bonds is 5. The second-order valence-electron chi connectivity index (χ2n) is 6.64. The van der Waals surface area contributed by atoms with Crippen LogP contribution in [0, 0.1) is 5.82 Å². The van der Waals surface area contributed by atoms with E-state index in [1.54, 1.807) is 17.0 Å². The van der Waals surface area contributed by atoms with Crippen LogP contribution in [0.2, 0.25) is 0 Å².